The highest BCUT2D eigenvalue weighted by Gasteiger charge is 2.31. The Bertz CT molecular complexity index is 488. The average molecular weight is 302 g/mol. The fourth-order valence-corrected chi connectivity index (χ4v) is 2.47. The molecule has 0 spiro atoms. The van der Waals surface area contributed by atoms with Gasteiger partial charge < -0.3 is 15.4 Å². The Morgan fingerprint density at radius 1 is 1.33 bits per heavy atom. The average Bonchev–Trinajstić information content (AvgIpc) is 2.86. The molecule has 0 bridgehead atoms. The minimum absolute atomic E-state index is 0.173. The zero-order valence-electron chi connectivity index (χ0n) is 11.4. The lowest BCUT2D eigenvalue weighted by atomic mass is 10.1. The van der Waals surface area contributed by atoms with Crippen LogP contribution in [0.25, 0.3) is 0 Å². The Morgan fingerprint density at radius 2 is 2.00 bits per heavy atom. The van der Waals surface area contributed by atoms with E-state index in [0.29, 0.717) is 31.1 Å². The van der Waals surface area contributed by atoms with Gasteiger partial charge in [-0.3, -0.25) is 4.79 Å². The molecular weight excluding hydrogens is 285 g/mol. The Morgan fingerprint density at radius 3 is 2.57 bits per heavy atom. The normalized spacial score (nSPS) is 18.9. The first-order valence-corrected chi connectivity index (χ1v) is 6.74. The predicted molar refractivity (Wildman–Crippen MR) is 70.8 cm³/mol. The minimum atomic E-state index is -4.73. The Labute approximate surface area is 120 Å². The van der Waals surface area contributed by atoms with Crippen molar-refractivity contribution in [2.75, 3.05) is 19.6 Å². The van der Waals surface area contributed by atoms with Gasteiger partial charge >= 0.3 is 6.36 Å². The van der Waals surface area contributed by atoms with Crippen molar-refractivity contribution < 1.29 is 22.7 Å². The lowest BCUT2D eigenvalue weighted by Gasteiger charge is -2.17. The highest BCUT2D eigenvalue weighted by Crippen LogP contribution is 2.24. The van der Waals surface area contributed by atoms with Gasteiger partial charge in [0.05, 0.1) is 0 Å². The number of nitrogens with two attached hydrogens (primary N) is 1. The molecule has 1 aromatic rings. The van der Waals surface area contributed by atoms with Crippen molar-refractivity contribution in [1.82, 2.24) is 4.90 Å². The molecule has 0 saturated carbocycles. The van der Waals surface area contributed by atoms with Gasteiger partial charge in [0.15, 0.2) is 0 Å². The first-order chi connectivity index (χ1) is 9.89. The quantitative estimate of drug-likeness (QED) is 0.929. The molecule has 0 aliphatic carbocycles. The number of hydrogen-bond donors (Lipinski definition) is 1. The molecule has 21 heavy (non-hydrogen) atoms. The van der Waals surface area contributed by atoms with Crippen LogP contribution in [0.4, 0.5) is 13.2 Å². The molecule has 1 saturated heterocycles. The fourth-order valence-electron chi connectivity index (χ4n) is 2.47. The van der Waals surface area contributed by atoms with E-state index in [0.717, 1.165) is 25.0 Å². The third-order valence-corrected chi connectivity index (χ3v) is 3.48. The molecule has 4 nitrogen and oxygen atoms in total. The van der Waals surface area contributed by atoms with Crippen LogP contribution < -0.4 is 10.5 Å². The number of likely N-dealkylation sites (tertiary alicyclic amines) is 1. The number of alkyl halides is 3. The van der Waals surface area contributed by atoms with Crippen LogP contribution in [-0.2, 0) is 0 Å². The van der Waals surface area contributed by atoms with Crippen molar-refractivity contribution in [3.05, 3.63) is 29.8 Å². The number of halogens is 3. The van der Waals surface area contributed by atoms with Gasteiger partial charge in [0, 0.05) is 18.7 Å². The zero-order chi connectivity index (χ0) is 15.5. The second-order valence-electron chi connectivity index (χ2n) is 5.06. The molecule has 0 aromatic heterocycles. The van der Waals surface area contributed by atoms with Gasteiger partial charge in [-0.2, -0.15) is 0 Å². The maximum atomic E-state index is 12.2. The van der Waals surface area contributed by atoms with E-state index in [4.69, 9.17) is 5.73 Å². The highest BCUT2D eigenvalue weighted by molar-refractivity contribution is 5.94. The van der Waals surface area contributed by atoms with Crippen molar-refractivity contribution in [2.45, 2.75) is 19.2 Å². The molecular formula is C14H17F3N2O2. The van der Waals surface area contributed by atoms with Gasteiger partial charge in [-0.15, -0.1) is 13.2 Å². The lowest BCUT2D eigenvalue weighted by Crippen LogP contribution is -2.29. The third kappa shape index (κ3) is 4.35. The molecule has 1 aromatic carbocycles. The summed E-state index contributed by atoms with van der Waals surface area (Å²) in [5.74, 6) is -0.0960. The molecule has 1 unspecified atom stereocenters. The number of amides is 1. The molecule has 7 heteroatoms. The number of ether oxygens (including phenoxy) is 1. The smallest absolute Gasteiger partial charge is 0.406 e. The van der Waals surface area contributed by atoms with Gasteiger partial charge in [0.25, 0.3) is 5.91 Å². The highest BCUT2D eigenvalue weighted by atomic mass is 19.4. The molecule has 0 radical (unpaired) electrons. The summed E-state index contributed by atoms with van der Waals surface area (Å²) in [5.41, 5.74) is 5.86. The van der Waals surface area contributed by atoms with Crippen molar-refractivity contribution in [2.24, 2.45) is 11.7 Å². The van der Waals surface area contributed by atoms with Crippen molar-refractivity contribution in [1.29, 1.82) is 0 Å². The summed E-state index contributed by atoms with van der Waals surface area (Å²) in [7, 11) is 0. The number of benzene rings is 1. The maximum absolute atomic E-state index is 12.2. The minimum Gasteiger partial charge on any atom is -0.406 e. The van der Waals surface area contributed by atoms with Gasteiger partial charge in [-0.1, -0.05) is 0 Å². The van der Waals surface area contributed by atoms with Gasteiger partial charge in [-0.25, -0.2) is 0 Å². The van der Waals surface area contributed by atoms with Crippen LogP contribution in [-0.4, -0.2) is 36.8 Å². The second kappa shape index (κ2) is 6.34. The molecule has 1 aliphatic heterocycles. The Hall–Kier alpha value is -1.76. The van der Waals surface area contributed by atoms with E-state index in [2.05, 4.69) is 4.74 Å². The Balaban J connectivity index is 1.97. The van der Waals surface area contributed by atoms with Crippen LogP contribution in [0.15, 0.2) is 24.3 Å². The molecule has 2 N–H and O–H groups in total. The van der Waals surface area contributed by atoms with Crippen molar-refractivity contribution in [3.63, 3.8) is 0 Å². The summed E-state index contributed by atoms with van der Waals surface area (Å²) in [6.07, 6.45) is -2.93. The van der Waals surface area contributed by atoms with E-state index in [1.54, 1.807) is 4.90 Å². The van der Waals surface area contributed by atoms with Crippen molar-refractivity contribution in [3.8, 4) is 5.75 Å². The van der Waals surface area contributed by atoms with Crippen LogP contribution in [0.2, 0.25) is 0 Å². The molecule has 116 valence electrons. The number of carbonyl (C=O) groups excluding carboxylic acids is 1. The number of carbonyl (C=O) groups is 1. The van der Waals surface area contributed by atoms with E-state index in [1.807, 2.05) is 0 Å². The van der Waals surface area contributed by atoms with Gasteiger partial charge in [-0.05, 0) is 49.6 Å². The summed E-state index contributed by atoms with van der Waals surface area (Å²) in [6.45, 7) is 1.90. The third-order valence-electron chi connectivity index (χ3n) is 3.48. The molecule has 1 atom stereocenters. The standard InChI is InChI=1S/C14H17F3N2O2/c15-14(16,17)21-12-3-1-11(2-4-12)13(20)19-8-6-10(9-19)5-7-18/h1-4,10H,5-9,18H2. The molecule has 1 aliphatic rings. The van der Waals surface area contributed by atoms with E-state index < -0.39 is 6.36 Å². The predicted octanol–water partition coefficient (Wildman–Crippen LogP) is 2.40. The number of rotatable bonds is 4. The van der Waals surface area contributed by atoms with Crippen LogP contribution in [0.3, 0.4) is 0 Å². The summed E-state index contributed by atoms with van der Waals surface area (Å²) in [6, 6.07) is 4.99. The summed E-state index contributed by atoms with van der Waals surface area (Å²) in [4.78, 5) is 13.9. The topological polar surface area (TPSA) is 55.6 Å². The first-order valence-electron chi connectivity index (χ1n) is 6.74. The monoisotopic (exact) mass is 302 g/mol. The van der Waals surface area contributed by atoms with Gasteiger partial charge in [0.1, 0.15) is 5.75 Å². The summed E-state index contributed by atoms with van der Waals surface area (Å²) >= 11 is 0. The van der Waals surface area contributed by atoms with Gasteiger partial charge in [0.2, 0.25) is 0 Å². The van der Waals surface area contributed by atoms with Crippen LogP contribution in [0.1, 0.15) is 23.2 Å². The van der Waals surface area contributed by atoms with Crippen LogP contribution in [0.5, 0.6) is 5.75 Å². The molecule has 1 amide bonds. The summed E-state index contributed by atoms with van der Waals surface area (Å²) in [5, 5.41) is 0. The summed E-state index contributed by atoms with van der Waals surface area (Å²) < 4.78 is 39.9. The SMILES string of the molecule is NCCC1CCN(C(=O)c2ccc(OC(F)(F)F)cc2)C1. The molecule has 1 heterocycles. The van der Waals surface area contributed by atoms with E-state index in [1.165, 1.54) is 12.1 Å². The maximum Gasteiger partial charge on any atom is 0.573 e. The van der Waals surface area contributed by atoms with Crippen LogP contribution >= 0.6 is 0 Å². The largest absolute Gasteiger partial charge is 0.573 e. The van der Waals surface area contributed by atoms with E-state index >= 15 is 0 Å². The molecule has 1 fully saturated rings. The van der Waals surface area contributed by atoms with E-state index in [9.17, 15) is 18.0 Å². The number of nitrogens with zero attached hydrogens (tertiary/aromatic N) is 1. The molecule has 2 rings (SSSR count). The lowest BCUT2D eigenvalue weighted by molar-refractivity contribution is -0.274. The Kier molecular flexibility index (Phi) is 4.72. The first kappa shape index (κ1) is 15.6. The van der Waals surface area contributed by atoms with Crippen LogP contribution in [0, 0.1) is 5.92 Å². The van der Waals surface area contributed by atoms with E-state index in [-0.39, 0.29) is 11.7 Å². The number of hydrogen-bond acceptors (Lipinski definition) is 3. The second-order valence-corrected chi connectivity index (χ2v) is 5.06. The zero-order valence-corrected chi connectivity index (χ0v) is 11.4. The fraction of sp³-hybridized carbons (Fsp3) is 0.500. The van der Waals surface area contributed by atoms with Crippen molar-refractivity contribution >= 4 is 5.91 Å².